The molecule has 0 aliphatic carbocycles. The molecule has 0 aromatic heterocycles. The Bertz CT molecular complexity index is 1650. The third-order valence-electron chi connectivity index (χ3n) is 7.45. The molecule has 7 nitrogen and oxygen atoms in total. The van der Waals surface area contributed by atoms with Crippen LogP contribution in [0.3, 0.4) is 0 Å². The minimum Gasteiger partial charge on any atom is -0.352 e. The van der Waals surface area contributed by atoms with Crippen molar-refractivity contribution in [3.63, 3.8) is 0 Å². The maximum atomic E-state index is 14.5. The fourth-order valence-electron chi connectivity index (χ4n) is 4.76. The highest BCUT2D eigenvalue weighted by Crippen LogP contribution is 2.27. The van der Waals surface area contributed by atoms with Gasteiger partial charge >= 0.3 is 0 Å². The Balaban J connectivity index is 1.80. The summed E-state index contributed by atoms with van der Waals surface area (Å²) in [6.07, 6.45) is 0.969. The van der Waals surface area contributed by atoms with Crippen molar-refractivity contribution in [3.8, 4) is 0 Å². The van der Waals surface area contributed by atoms with Gasteiger partial charge in [-0.25, -0.2) is 8.42 Å². The molecule has 0 unspecified atom stereocenters. The van der Waals surface area contributed by atoms with E-state index in [2.05, 4.69) is 5.32 Å². The normalized spacial score (nSPS) is 12.6. The van der Waals surface area contributed by atoms with Gasteiger partial charge in [-0.15, -0.1) is 0 Å². The van der Waals surface area contributed by atoms with Crippen LogP contribution < -0.4 is 9.62 Å². The lowest BCUT2D eigenvalue weighted by molar-refractivity contribution is -0.140. The molecule has 0 saturated heterocycles. The third-order valence-corrected chi connectivity index (χ3v) is 9.48. The van der Waals surface area contributed by atoms with E-state index in [1.54, 1.807) is 36.4 Å². The molecule has 0 radical (unpaired) electrons. The van der Waals surface area contributed by atoms with Gasteiger partial charge in [0.1, 0.15) is 12.6 Å². The van der Waals surface area contributed by atoms with Crippen molar-refractivity contribution in [1.82, 2.24) is 10.2 Å². The van der Waals surface area contributed by atoms with Crippen molar-refractivity contribution in [3.05, 3.63) is 131 Å². The second kappa shape index (κ2) is 15.0. The summed E-state index contributed by atoms with van der Waals surface area (Å²) in [4.78, 5) is 29.9. The summed E-state index contributed by atoms with van der Waals surface area (Å²) in [5, 5.41) is 3.37. The maximum Gasteiger partial charge on any atom is 0.264 e. The first-order valence-corrected chi connectivity index (χ1v) is 16.4. The molecule has 4 rings (SSSR count). The topological polar surface area (TPSA) is 86.8 Å². The van der Waals surface area contributed by atoms with Crippen molar-refractivity contribution in [2.75, 3.05) is 10.8 Å². The number of amides is 2. The second-order valence-corrected chi connectivity index (χ2v) is 13.1. The van der Waals surface area contributed by atoms with Crippen LogP contribution in [-0.2, 0) is 32.6 Å². The summed E-state index contributed by atoms with van der Waals surface area (Å²) < 4.78 is 29.1. The summed E-state index contributed by atoms with van der Waals surface area (Å²) in [6.45, 7) is 5.44. The molecule has 4 aromatic rings. The monoisotopic (exact) mass is 631 g/mol. The lowest BCUT2D eigenvalue weighted by atomic mass is 10.0. The molecular formula is C35H38ClN3O4S. The fraction of sp³-hybridized carbons (Fsp3) is 0.257. The highest BCUT2D eigenvalue weighted by molar-refractivity contribution is 7.92. The first-order valence-electron chi connectivity index (χ1n) is 14.6. The predicted molar refractivity (Wildman–Crippen MR) is 176 cm³/mol. The Morgan fingerprint density at radius 2 is 1.48 bits per heavy atom. The van der Waals surface area contributed by atoms with Crippen LogP contribution in [0.2, 0.25) is 5.02 Å². The van der Waals surface area contributed by atoms with E-state index in [4.69, 9.17) is 11.6 Å². The Hall–Kier alpha value is -4.14. The Morgan fingerprint density at radius 1 is 0.841 bits per heavy atom. The number of hydrogen-bond acceptors (Lipinski definition) is 4. The van der Waals surface area contributed by atoms with Gasteiger partial charge in [-0.05, 0) is 61.7 Å². The molecule has 2 amide bonds. The number of carbonyl (C=O) groups excluding carboxylic acids is 2. The van der Waals surface area contributed by atoms with Gasteiger partial charge < -0.3 is 10.2 Å². The number of nitrogens with zero attached hydrogens (tertiary/aromatic N) is 2. The van der Waals surface area contributed by atoms with Crippen LogP contribution in [0.15, 0.2) is 114 Å². The number of aryl methyl sites for hydroxylation is 1. The van der Waals surface area contributed by atoms with Crippen molar-refractivity contribution in [1.29, 1.82) is 0 Å². The Morgan fingerprint density at radius 3 is 2.09 bits per heavy atom. The van der Waals surface area contributed by atoms with E-state index >= 15 is 0 Å². The number of benzene rings is 4. The molecule has 1 N–H and O–H groups in total. The minimum absolute atomic E-state index is 0.0354. The van der Waals surface area contributed by atoms with E-state index in [1.165, 1.54) is 23.1 Å². The molecule has 2 atom stereocenters. The summed E-state index contributed by atoms with van der Waals surface area (Å²) in [5.41, 5.74) is 3.00. The van der Waals surface area contributed by atoms with Crippen LogP contribution in [0.25, 0.3) is 0 Å². The van der Waals surface area contributed by atoms with Crippen LogP contribution in [0.4, 0.5) is 5.69 Å². The summed E-state index contributed by atoms with van der Waals surface area (Å²) in [7, 11) is -4.18. The molecule has 4 aromatic carbocycles. The molecule has 9 heteroatoms. The van der Waals surface area contributed by atoms with Gasteiger partial charge in [-0.1, -0.05) is 103 Å². The number of rotatable bonds is 13. The van der Waals surface area contributed by atoms with Gasteiger partial charge in [0.15, 0.2) is 0 Å². The molecule has 230 valence electrons. The van der Waals surface area contributed by atoms with E-state index in [0.29, 0.717) is 11.4 Å². The predicted octanol–water partition coefficient (Wildman–Crippen LogP) is 6.40. The van der Waals surface area contributed by atoms with E-state index < -0.39 is 28.5 Å². The van der Waals surface area contributed by atoms with Gasteiger partial charge in [0.2, 0.25) is 11.8 Å². The van der Waals surface area contributed by atoms with Crippen molar-refractivity contribution in [2.24, 2.45) is 0 Å². The SMILES string of the molecule is CC[C@H](C)NC(=O)[C@H](Cc1ccccc1)N(Cc1ccc(C)cc1)C(=O)CN(c1cccc(Cl)c1)S(=O)(=O)c1ccccc1. The minimum atomic E-state index is -4.18. The zero-order chi connectivity index (χ0) is 31.7. The number of hydrogen-bond donors (Lipinski definition) is 1. The molecule has 44 heavy (non-hydrogen) atoms. The molecule has 0 saturated carbocycles. The molecular weight excluding hydrogens is 594 g/mol. The summed E-state index contributed by atoms with van der Waals surface area (Å²) in [6, 6.07) is 30.5. The van der Waals surface area contributed by atoms with Gasteiger partial charge in [0, 0.05) is 24.0 Å². The molecule has 0 aliphatic heterocycles. The number of nitrogens with one attached hydrogen (secondary N) is 1. The molecule has 0 aliphatic rings. The number of sulfonamides is 1. The van der Waals surface area contributed by atoms with Gasteiger partial charge in [-0.2, -0.15) is 0 Å². The fourth-order valence-corrected chi connectivity index (χ4v) is 6.38. The second-order valence-electron chi connectivity index (χ2n) is 10.8. The number of carbonyl (C=O) groups is 2. The molecule has 0 heterocycles. The van der Waals surface area contributed by atoms with Gasteiger partial charge in [0.05, 0.1) is 10.6 Å². The maximum absolute atomic E-state index is 14.5. The standard InChI is InChI=1S/C35H38ClN3O4S/c1-4-27(3)37-35(41)33(22-28-12-7-5-8-13-28)38(24-29-20-18-26(2)19-21-29)34(40)25-39(31-15-11-14-30(36)23-31)44(42,43)32-16-9-6-10-17-32/h5-21,23,27,33H,4,22,24-25H2,1-3H3,(H,37,41)/t27-,33-/m0/s1. The molecule has 0 bridgehead atoms. The largest absolute Gasteiger partial charge is 0.352 e. The zero-order valence-electron chi connectivity index (χ0n) is 25.2. The number of anilines is 1. The lowest BCUT2D eigenvalue weighted by Crippen LogP contribution is -2.54. The van der Waals surface area contributed by atoms with Crippen molar-refractivity contribution >= 4 is 39.1 Å². The van der Waals surface area contributed by atoms with Crippen LogP contribution in [0.1, 0.15) is 37.0 Å². The average Bonchev–Trinajstić information content (AvgIpc) is 3.03. The highest BCUT2D eigenvalue weighted by atomic mass is 35.5. The van der Waals surface area contributed by atoms with Crippen LogP contribution in [0, 0.1) is 6.92 Å². The highest BCUT2D eigenvalue weighted by Gasteiger charge is 2.35. The quantitative estimate of drug-likeness (QED) is 0.185. The van der Waals surface area contributed by atoms with Crippen molar-refractivity contribution in [2.45, 2.75) is 57.1 Å². The Labute approximate surface area is 265 Å². The lowest BCUT2D eigenvalue weighted by Gasteiger charge is -2.34. The van der Waals surface area contributed by atoms with E-state index in [0.717, 1.165) is 21.0 Å². The average molecular weight is 632 g/mol. The number of halogens is 1. The van der Waals surface area contributed by atoms with Crippen LogP contribution >= 0.6 is 11.6 Å². The summed E-state index contributed by atoms with van der Waals surface area (Å²) >= 11 is 6.28. The van der Waals surface area contributed by atoms with Gasteiger partial charge in [0.25, 0.3) is 10.0 Å². The zero-order valence-corrected chi connectivity index (χ0v) is 26.8. The first kappa shape index (κ1) is 32.8. The van der Waals surface area contributed by atoms with Gasteiger partial charge in [-0.3, -0.25) is 13.9 Å². The molecule has 0 fully saturated rings. The Kier molecular flexibility index (Phi) is 11.2. The first-order chi connectivity index (χ1) is 21.1. The van der Waals surface area contributed by atoms with E-state index in [-0.39, 0.29) is 35.5 Å². The van der Waals surface area contributed by atoms with Crippen LogP contribution in [-0.4, -0.2) is 43.8 Å². The van der Waals surface area contributed by atoms with E-state index in [9.17, 15) is 18.0 Å². The van der Waals surface area contributed by atoms with Crippen molar-refractivity contribution < 1.29 is 18.0 Å². The molecule has 0 spiro atoms. The summed E-state index contributed by atoms with van der Waals surface area (Å²) in [5.74, 6) is -0.825. The third kappa shape index (κ3) is 8.49. The van der Waals surface area contributed by atoms with E-state index in [1.807, 2.05) is 75.4 Å². The van der Waals surface area contributed by atoms with Crippen LogP contribution in [0.5, 0.6) is 0 Å². The smallest absolute Gasteiger partial charge is 0.264 e.